The zero-order valence-corrected chi connectivity index (χ0v) is 10.6. The van der Waals surface area contributed by atoms with Crippen molar-refractivity contribution in [2.24, 2.45) is 0 Å². The van der Waals surface area contributed by atoms with Crippen LogP contribution >= 0.6 is 23.4 Å². The third kappa shape index (κ3) is 3.26. The maximum atomic E-state index is 8.70. The molecule has 2 aromatic carbocycles. The summed E-state index contributed by atoms with van der Waals surface area (Å²) in [5.41, 5.74) is 1.82. The predicted octanol–water partition coefficient (Wildman–Crippen LogP) is 4.50. The van der Waals surface area contributed by atoms with Crippen LogP contribution < -0.4 is 0 Å². The molecule has 0 radical (unpaired) electrons. The Balaban J connectivity index is 2.03. The van der Waals surface area contributed by atoms with Gasteiger partial charge in [0.1, 0.15) is 0 Å². The van der Waals surface area contributed by atoms with Crippen LogP contribution in [0.5, 0.6) is 0 Å². The molecular weight excluding hydrogens is 250 g/mol. The van der Waals surface area contributed by atoms with Gasteiger partial charge in [0.2, 0.25) is 0 Å². The van der Waals surface area contributed by atoms with Crippen molar-refractivity contribution in [1.82, 2.24) is 0 Å². The van der Waals surface area contributed by atoms with Gasteiger partial charge in [0.15, 0.2) is 0 Å². The molecule has 0 amide bonds. The highest BCUT2D eigenvalue weighted by Gasteiger charge is 2.00. The number of thioether (sulfide) groups is 1. The second-order valence-electron chi connectivity index (χ2n) is 3.52. The first kappa shape index (κ1) is 12.0. The lowest BCUT2D eigenvalue weighted by Gasteiger charge is -2.04. The van der Waals surface area contributed by atoms with Crippen molar-refractivity contribution in [3.05, 3.63) is 64.7 Å². The average molecular weight is 260 g/mol. The number of halogens is 1. The Kier molecular flexibility index (Phi) is 4.08. The minimum absolute atomic E-state index is 0.687. The first-order valence-electron chi connectivity index (χ1n) is 5.16. The van der Waals surface area contributed by atoms with E-state index in [1.807, 2.05) is 48.5 Å². The van der Waals surface area contributed by atoms with Gasteiger partial charge in [0.25, 0.3) is 0 Å². The van der Waals surface area contributed by atoms with Crippen molar-refractivity contribution in [1.29, 1.82) is 5.26 Å². The Morgan fingerprint density at radius 1 is 1.06 bits per heavy atom. The molecule has 84 valence electrons. The van der Waals surface area contributed by atoms with E-state index in [0.717, 1.165) is 21.2 Å². The second-order valence-corrected chi connectivity index (χ2v) is 4.97. The summed E-state index contributed by atoms with van der Waals surface area (Å²) in [6.45, 7) is 0. The van der Waals surface area contributed by atoms with Gasteiger partial charge in [-0.25, -0.2) is 0 Å². The lowest BCUT2D eigenvalue weighted by molar-refractivity contribution is 1.37. The van der Waals surface area contributed by atoms with Crippen LogP contribution in [0.3, 0.4) is 0 Å². The fourth-order valence-electron chi connectivity index (χ4n) is 1.40. The number of hydrogen-bond acceptors (Lipinski definition) is 2. The van der Waals surface area contributed by atoms with Crippen LogP contribution in [0.1, 0.15) is 11.1 Å². The third-order valence-electron chi connectivity index (χ3n) is 2.34. The molecule has 0 aliphatic rings. The summed E-state index contributed by atoms with van der Waals surface area (Å²) in [4.78, 5) is 1.14. The number of rotatable bonds is 3. The van der Waals surface area contributed by atoms with E-state index < -0.39 is 0 Å². The van der Waals surface area contributed by atoms with Gasteiger partial charge in [-0.2, -0.15) is 5.26 Å². The summed E-state index contributed by atoms with van der Waals surface area (Å²) < 4.78 is 0. The Morgan fingerprint density at radius 3 is 2.41 bits per heavy atom. The summed E-state index contributed by atoms with van der Waals surface area (Å²) in [7, 11) is 0. The number of hydrogen-bond donors (Lipinski definition) is 0. The van der Waals surface area contributed by atoms with E-state index in [2.05, 4.69) is 6.07 Å². The second kappa shape index (κ2) is 5.77. The fourth-order valence-corrected chi connectivity index (χ4v) is 2.59. The van der Waals surface area contributed by atoms with Gasteiger partial charge in [0, 0.05) is 15.7 Å². The molecule has 17 heavy (non-hydrogen) atoms. The minimum atomic E-state index is 0.687. The summed E-state index contributed by atoms with van der Waals surface area (Å²) >= 11 is 7.79. The molecule has 0 aliphatic carbocycles. The molecule has 0 spiro atoms. The molecule has 2 aromatic rings. The van der Waals surface area contributed by atoms with Crippen molar-refractivity contribution in [2.75, 3.05) is 0 Å². The Bertz CT molecular complexity index is 543. The van der Waals surface area contributed by atoms with Crippen LogP contribution in [-0.4, -0.2) is 0 Å². The lowest BCUT2D eigenvalue weighted by atomic mass is 10.2. The van der Waals surface area contributed by atoms with Crippen LogP contribution in [0.4, 0.5) is 0 Å². The van der Waals surface area contributed by atoms with Crippen molar-refractivity contribution in [2.45, 2.75) is 10.6 Å². The molecule has 0 bridgehead atoms. The first-order valence-corrected chi connectivity index (χ1v) is 6.52. The standard InChI is InChI=1S/C14H10ClNS/c15-14-4-2-1-3-12(14)10-17-13-7-5-11(9-16)6-8-13/h1-8H,10H2. The third-order valence-corrected chi connectivity index (χ3v) is 3.77. The van der Waals surface area contributed by atoms with Crippen LogP contribution in [0.15, 0.2) is 53.4 Å². The van der Waals surface area contributed by atoms with E-state index in [1.165, 1.54) is 0 Å². The topological polar surface area (TPSA) is 23.8 Å². The molecular formula is C14H10ClNS. The van der Waals surface area contributed by atoms with Gasteiger partial charge in [0.05, 0.1) is 11.6 Å². The van der Waals surface area contributed by atoms with E-state index in [1.54, 1.807) is 11.8 Å². The lowest BCUT2D eigenvalue weighted by Crippen LogP contribution is -1.82. The van der Waals surface area contributed by atoms with Crippen LogP contribution in [0.25, 0.3) is 0 Å². The molecule has 0 saturated heterocycles. The number of nitriles is 1. The van der Waals surface area contributed by atoms with E-state index in [-0.39, 0.29) is 0 Å². The zero-order chi connectivity index (χ0) is 12.1. The highest BCUT2D eigenvalue weighted by atomic mass is 35.5. The van der Waals surface area contributed by atoms with Crippen molar-refractivity contribution < 1.29 is 0 Å². The summed E-state index contributed by atoms with van der Waals surface area (Å²) in [6, 6.07) is 17.5. The molecule has 0 aromatic heterocycles. The molecule has 3 heteroatoms. The van der Waals surface area contributed by atoms with E-state index in [4.69, 9.17) is 16.9 Å². The van der Waals surface area contributed by atoms with E-state index in [0.29, 0.717) is 5.56 Å². The van der Waals surface area contributed by atoms with E-state index >= 15 is 0 Å². The van der Waals surface area contributed by atoms with Gasteiger partial charge in [-0.05, 0) is 35.9 Å². The molecule has 0 atom stereocenters. The molecule has 1 nitrogen and oxygen atoms in total. The van der Waals surface area contributed by atoms with Crippen molar-refractivity contribution in [3.8, 4) is 6.07 Å². The molecule has 0 heterocycles. The van der Waals surface area contributed by atoms with Gasteiger partial charge in [-0.1, -0.05) is 29.8 Å². The van der Waals surface area contributed by atoms with Gasteiger partial charge in [-0.15, -0.1) is 11.8 Å². The molecule has 0 saturated carbocycles. The summed E-state index contributed by atoms with van der Waals surface area (Å²) in [6.07, 6.45) is 0. The van der Waals surface area contributed by atoms with Crippen LogP contribution in [0.2, 0.25) is 5.02 Å². The first-order chi connectivity index (χ1) is 8.29. The number of nitrogens with zero attached hydrogens (tertiary/aromatic N) is 1. The zero-order valence-electron chi connectivity index (χ0n) is 9.06. The highest BCUT2D eigenvalue weighted by Crippen LogP contribution is 2.26. The van der Waals surface area contributed by atoms with Crippen LogP contribution in [-0.2, 0) is 5.75 Å². The van der Waals surface area contributed by atoms with Crippen LogP contribution in [0, 0.1) is 11.3 Å². The smallest absolute Gasteiger partial charge is 0.0991 e. The van der Waals surface area contributed by atoms with Gasteiger partial charge < -0.3 is 0 Å². The fraction of sp³-hybridized carbons (Fsp3) is 0.0714. The minimum Gasteiger partial charge on any atom is -0.192 e. The summed E-state index contributed by atoms with van der Waals surface area (Å²) in [5.74, 6) is 0.839. The maximum absolute atomic E-state index is 8.70. The molecule has 2 rings (SSSR count). The van der Waals surface area contributed by atoms with Crippen molar-refractivity contribution in [3.63, 3.8) is 0 Å². The molecule has 0 fully saturated rings. The quantitative estimate of drug-likeness (QED) is 0.758. The van der Waals surface area contributed by atoms with Crippen molar-refractivity contribution >= 4 is 23.4 Å². The Morgan fingerprint density at radius 2 is 1.76 bits per heavy atom. The normalized spacial score (nSPS) is 9.88. The average Bonchev–Trinajstić information content (AvgIpc) is 2.38. The highest BCUT2D eigenvalue weighted by molar-refractivity contribution is 7.98. The maximum Gasteiger partial charge on any atom is 0.0991 e. The SMILES string of the molecule is N#Cc1ccc(SCc2ccccc2Cl)cc1. The Labute approximate surface area is 110 Å². The molecule has 0 unspecified atom stereocenters. The van der Waals surface area contributed by atoms with E-state index in [9.17, 15) is 0 Å². The van der Waals surface area contributed by atoms with Gasteiger partial charge >= 0.3 is 0 Å². The summed E-state index contributed by atoms with van der Waals surface area (Å²) in [5, 5.41) is 9.50. The Hall–Kier alpha value is -1.43. The number of benzene rings is 2. The largest absolute Gasteiger partial charge is 0.192 e. The predicted molar refractivity (Wildman–Crippen MR) is 72.2 cm³/mol. The molecule has 0 aliphatic heterocycles. The molecule has 0 N–H and O–H groups in total. The monoisotopic (exact) mass is 259 g/mol. The van der Waals surface area contributed by atoms with Gasteiger partial charge in [-0.3, -0.25) is 0 Å².